The average molecular weight is 367 g/mol. The van der Waals surface area contributed by atoms with E-state index in [-0.39, 0.29) is 12.6 Å². The van der Waals surface area contributed by atoms with Crippen LogP contribution in [-0.2, 0) is 25.9 Å². The topological polar surface area (TPSA) is 97.3 Å². The molecule has 27 heavy (non-hydrogen) atoms. The summed E-state index contributed by atoms with van der Waals surface area (Å²) in [6, 6.07) is 5.33. The van der Waals surface area contributed by atoms with Gasteiger partial charge in [0.25, 0.3) is 0 Å². The van der Waals surface area contributed by atoms with E-state index in [9.17, 15) is 4.79 Å². The van der Waals surface area contributed by atoms with Gasteiger partial charge in [-0.15, -0.1) is 0 Å². The van der Waals surface area contributed by atoms with Gasteiger partial charge in [0.1, 0.15) is 17.1 Å². The zero-order chi connectivity index (χ0) is 18.6. The Bertz CT molecular complexity index is 919. The molecule has 2 amide bonds. The van der Waals surface area contributed by atoms with Crippen LogP contribution in [0.15, 0.2) is 39.6 Å². The smallest absolute Gasteiger partial charge is 0.317 e. The molecule has 0 fully saturated rings. The Kier molecular flexibility index (Phi) is 4.86. The molecule has 0 radical (unpaired) electrons. The zero-order valence-electron chi connectivity index (χ0n) is 15.1. The van der Waals surface area contributed by atoms with Crippen molar-refractivity contribution in [2.75, 3.05) is 7.05 Å². The highest BCUT2D eigenvalue weighted by atomic mass is 16.5. The normalized spacial score (nSPS) is 13.2. The number of urea groups is 1. The summed E-state index contributed by atoms with van der Waals surface area (Å²) in [5.74, 6) is 1.55. The molecule has 0 aliphatic heterocycles. The summed E-state index contributed by atoms with van der Waals surface area (Å²) in [7, 11) is 1.74. The first-order valence-corrected chi connectivity index (χ1v) is 9.02. The third-order valence-electron chi connectivity index (χ3n) is 4.70. The number of carbonyl (C=O) groups is 1. The number of aryl methyl sites for hydroxylation is 1. The highest BCUT2D eigenvalue weighted by Crippen LogP contribution is 2.25. The molecule has 0 saturated heterocycles. The lowest BCUT2D eigenvalue weighted by Crippen LogP contribution is -2.36. The quantitative estimate of drug-likeness (QED) is 0.745. The lowest BCUT2D eigenvalue weighted by molar-refractivity contribution is 0.203. The van der Waals surface area contributed by atoms with Crippen molar-refractivity contribution in [1.82, 2.24) is 25.5 Å². The molecular formula is C19H21N5O3. The molecule has 3 aromatic heterocycles. The van der Waals surface area contributed by atoms with Crippen molar-refractivity contribution in [3.63, 3.8) is 0 Å². The van der Waals surface area contributed by atoms with E-state index in [0.29, 0.717) is 18.0 Å². The maximum absolute atomic E-state index is 12.4. The summed E-state index contributed by atoms with van der Waals surface area (Å²) in [6.45, 7) is 0.676. The Balaban J connectivity index is 1.33. The summed E-state index contributed by atoms with van der Waals surface area (Å²) >= 11 is 0. The molecule has 1 N–H and O–H groups in total. The van der Waals surface area contributed by atoms with Gasteiger partial charge in [-0.3, -0.25) is 4.98 Å². The second-order valence-electron chi connectivity index (χ2n) is 6.67. The average Bonchev–Trinajstić information content (AvgIpc) is 3.34. The van der Waals surface area contributed by atoms with Crippen molar-refractivity contribution >= 4 is 6.03 Å². The largest absolute Gasteiger partial charge is 0.361 e. The first kappa shape index (κ1) is 17.3. The maximum atomic E-state index is 12.4. The van der Waals surface area contributed by atoms with Crippen molar-refractivity contribution in [3.8, 4) is 11.3 Å². The molecule has 0 spiro atoms. The van der Waals surface area contributed by atoms with E-state index in [1.807, 2.05) is 12.1 Å². The number of amides is 2. The molecule has 0 bridgehead atoms. The second kappa shape index (κ2) is 7.61. The molecule has 3 aromatic rings. The van der Waals surface area contributed by atoms with Gasteiger partial charge in [-0.05, 0) is 31.4 Å². The minimum atomic E-state index is -0.207. The van der Waals surface area contributed by atoms with Crippen LogP contribution in [0.3, 0.4) is 0 Å². The summed E-state index contributed by atoms with van der Waals surface area (Å²) in [4.78, 5) is 18.0. The predicted molar refractivity (Wildman–Crippen MR) is 96.6 cm³/mol. The summed E-state index contributed by atoms with van der Waals surface area (Å²) < 4.78 is 10.7. The Morgan fingerprint density at radius 2 is 2.15 bits per heavy atom. The minimum absolute atomic E-state index is 0.207. The van der Waals surface area contributed by atoms with Gasteiger partial charge in [0.15, 0.2) is 5.76 Å². The number of nitrogens with one attached hydrogen (secondary N) is 1. The highest BCUT2D eigenvalue weighted by Gasteiger charge is 2.21. The molecule has 1 aliphatic carbocycles. The van der Waals surface area contributed by atoms with E-state index < -0.39 is 0 Å². The van der Waals surface area contributed by atoms with Crippen LogP contribution < -0.4 is 5.32 Å². The molecule has 0 atom stereocenters. The van der Waals surface area contributed by atoms with Crippen molar-refractivity contribution in [2.24, 2.45) is 0 Å². The number of rotatable bonds is 5. The standard InChI is InChI=1S/C19H21N5O3/c1-24(12-17-15-6-2-3-7-18(15)27-23-17)19(25)21-11-14-9-16(22-26-14)13-5-4-8-20-10-13/h4-5,8-10H,2-3,6-7,11-12H2,1H3,(H,21,25). The number of hydrogen-bond donors (Lipinski definition) is 1. The summed E-state index contributed by atoms with van der Waals surface area (Å²) in [6.07, 6.45) is 7.60. The lowest BCUT2D eigenvalue weighted by atomic mass is 9.96. The summed E-state index contributed by atoms with van der Waals surface area (Å²) in [5, 5.41) is 11.0. The molecule has 4 rings (SSSR count). The number of nitrogens with zero attached hydrogens (tertiary/aromatic N) is 4. The van der Waals surface area contributed by atoms with E-state index in [2.05, 4.69) is 20.6 Å². The highest BCUT2D eigenvalue weighted by molar-refractivity contribution is 5.73. The van der Waals surface area contributed by atoms with E-state index in [1.54, 1.807) is 30.4 Å². The number of carbonyl (C=O) groups excluding carboxylic acids is 1. The Hall–Kier alpha value is -3.16. The van der Waals surface area contributed by atoms with Gasteiger partial charge in [0, 0.05) is 43.1 Å². The molecule has 1 aliphatic rings. The van der Waals surface area contributed by atoms with Gasteiger partial charge >= 0.3 is 6.03 Å². The third kappa shape index (κ3) is 3.84. The number of pyridine rings is 1. The van der Waals surface area contributed by atoms with Crippen molar-refractivity contribution in [3.05, 3.63) is 53.4 Å². The lowest BCUT2D eigenvalue weighted by Gasteiger charge is -2.17. The van der Waals surface area contributed by atoms with E-state index in [0.717, 1.165) is 48.3 Å². The van der Waals surface area contributed by atoms with Crippen LogP contribution in [0.2, 0.25) is 0 Å². The van der Waals surface area contributed by atoms with Crippen molar-refractivity contribution in [1.29, 1.82) is 0 Å². The molecule has 3 heterocycles. The van der Waals surface area contributed by atoms with Crippen LogP contribution >= 0.6 is 0 Å². The molecule has 0 unspecified atom stereocenters. The third-order valence-corrected chi connectivity index (χ3v) is 4.70. The number of fused-ring (bicyclic) bond motifs is 1. The van der Waals surface area contributed by atoms with E-state index >= 15 is 0 Å². The number of hydrogen-bond acceptors (Lipinski definition) is 6. The van der Waals surface area contributed by atoms with Crippen LogP contribution in [0.4, 0.5) is 4.79 Å². The SMILES string of the molecule is CN(Cc1noc2c1CCCC2)C(=O)NCc1cc(-c2cccnc2)no1. The monoisotopic (exact) mass is 367 g/mol. The van der Waals surface area contributed by atoms with Gasteiger partial charge in [-0.2, -0.15) is 0 Å². The first-order valence-electron chi connectivity index (χ1n) is 9.02. The Morgan fingerprint density at radius 1 is 1.26 bits per heavy atom. The van der Waals surface area contributed by atoms with Gasteiger partial charge in [-0.25, -0.2) is 4.79 Å². The van der Waals surface area contributed by atoms with Crippen LogP contribution in [-0.4, -0.2) is 33.3 Å². The van der Waals surface area contributed by atoms with Crippen molar-refractivity contribution < 1.29 is 13.8 Å². The molecule has 140 valence electrons. The number of aromatic nitrogens is 3. The molecule has 8 nitrogen and oxygen atoms in total. The Labute approximate surface area is 156 Å². The molecule has 8 heteroatoms. The fraction of sp³-hybridized carbons (Fsp3) is 0.368. The zero-order valence-corrected chi connectivity index (χ0v) is 15.1. The fourth-order valence-corrected chi connectivity index (χ4v) is 3.21. The first-order chi connectivity index (χ1) is 13.2. The van der Waals surface area contributed by atoms with Gasteiger partial charge in [0.2, 0.25) is 0 Å². The van der Waals surface area contributed by atoms with Gasteiger partial charge in [0.05, 0.1) is 13.1 Å². The van der Waals surface area contributed by atoms with E-state index in [1.165, 1.54) is 0 Å². The Morgan fingerprint density at radius 3 is 3.00 bits per heavy atom. The maximum Gasteiger partial charge on any atom is 0.317 e. The van der Waals surface area contributed by atoms with Crippen LogP contribution in [0.1, 0.15) is 35.6 Å². The van der Waals surface area contributed by atoms with Crippen LogP contribution in [0.25, 0.3) is 11.3 Å². The predicted octanol–water partition coefficient (Wildman–Crippen LogP) is 2.95. The van der Waals surface area contributed by atoms with Crippen LogP contribution in [0.5, 0.6) is 0 Å². The van der Waals surface area contributed by atoms with E-state index in [4.69, 9.17) is 9.05 Å². The summed E-state index contributed by atoms with van der Waals surface area (Å²) in [5.41, 5.74) is 3.57. The van der Waals surface area contributed by atoms with Crippen LogP contribution in [0, 0.1) is 0 Å². The van der Waals surface area contributed by atoms with Gasteiger partial charge in [-0.1, -0.05) is 10.3 Å². The second-order valence-corrected chi connectivity index (χ2v) is 6.67. The van der Waals surface area contributed by atoms with Crippen molar-refractivity contribution in [2.45, 2.75) is 38.8 Å². The van der Waals surface area contributed by atoms with Gasteiger partial charge < -0.3 is 19.3 Å². The molecule has 0 aromatic carbocycles. The minimum Gasteiger partial charge on any atom is -0.361 e. The molecular weight excluding hydrogens is 346 g/mol. The fourth-order valence-electron chi connectivity index (χ4n) is 3.21. The molecule has 0 saturated carbocycles.